The number of thiophene rings is 1. The van der Waals surface area contributed by atoms with E-state index >= 15 is 0 Å². The monoisotopic (exact) mass is 278 g/mol. The molecule has 104 valence electrons. The van der Waals surface area contributed by atoms with Crippen LogP contribution >= 0.6 is 11.3 Å². The van der Waals surface area contributed by atoms with Crippen LogP contribution in [0.5, 0.6) is 0 Å². The van der Waals surface area contributed by atoms with Crippen LogP contribution in [-0.2, 0) is 12.8 Å². The third kappa shape index (κ3) is 3.18. The molecule has 1 saturated heterocycles. The second kappa shape index (κ2) is 6.06. The van der Waals surface area contributed by atoms with Crippen molar-refractivity contribution in [3.05, 3.63) is 21.4 Å². The topological polar surface area (TPSA) is 41.1 Å². The third-order valence-corrected chi connectivity index (χ3v) is 5.34. The SMILES string of the molecule is O=C(NC1CCCCNC1)c1cc2c(s1)CCCC2. The molecule has 2 heterocycles. The van der Waals surface area contributed by atoms with Crippen molar-refractivity contribution in [1.29, 1.82) is 0 Å². The maximum atomic E-state index is 12.3. The molecule has 0 aromatic carbocycles. The van der Waals surface area contributed by atoms with Crippen molar-refractivity contribution >= 4 is 17.2 Å². The van der Waals surface area contributed by atoms with Crippen molar-refractivity contribution in [2.24, 2.45) is 0 Å². The Kier molecular flexibility index (Phi) is 4.18. The van der Waals surface area contributed by atoms with Crippen LogP contribution in [0.3, 0.4) is 0 Å². The lowest BCUT2D eigenvalue weighted by atomic mass is 9.99. The van der Waals surface area contributed by atoms with Crippen molar-refractivity contribution in [1.82, 2.24) is 10.6 Å². The van der Waals surface area contributed by atoms with Gasteiger partial charge in [0.15, 0.2) is 0 Å². The molecule has 1 aliphatic carbocycles. The summed E-state index contributed by atoms with van der Waals surface area (Å²) < 4.78 is 0. The van der Waals surface area contributed by atoms with Crippen LogP contribution in [0.2, 0.25) is 0 Å². The van der Waals surface area contributed by atoms with Gasteiger partial charge in [-0.15, -0.1) is 11.3 Å². The fourth-order valence-electron chi connectivity index (χ4n) is 3.00. The highest BCUT2D eigenvalue weighted by molar-refractivity contribution is 7.14. The molecule has 0 saturated carbocycles. The molecule has 0 radical (unpaired) electrons. The summed E-state index contributed by atoms with van der Waals surface area (Å²) in [4.78, 5) is 14.7. The quantitative estimate of drug-likeness (QED) is 0.872. The highest BCUT2D eigenvalue weighted by Gasteiger charge is 2.20. The van der Waals surface area contributed by atoms with Gasteiger partial charge in [0.05, 0.1) is 4.88 Å². The van der Waals surface area contributed by atoms with Gasteiger partial charge in [0.25, 0.3) is 5.91 Å². The van der Waals surface area contributed by atoms with Crippen LogP contribution < -0.4 is 10.6 Å². The van der Waals surface area contributed by atoms with E-state index in [0.29, 0.717) is 6.04 Å². The number of carbonyl (C=O) groups is 1. The van der Waals surface area contributed by atoms with Crippen molar-refractivity contribution in [2.75, 3.05) is 13.1 Å². The Morgan fingerprint density at radius 3 is 3.05 bits per heavy atom. The second-order valence-corrected chi connectivity index (χ2v) is 6.77. The van der Waals surface area contributed by atoms with Gasteiger partial charge in [-0.05, 0) is 56.7 Å². The van der Waals surface area contributed by atoms with Gasteiger partial charge < -0.3 is 10.6 Å². The van der Waals surface area contributed by atoms with Crippen LogP contribution in [0, 0.1) is 0 Å². The zero-order valence-electron chi connectivity index (χ0n) is 11.3. The molecule has 2 N–H and O–H groups in total. The number of rotatable bonds is 2. The van der Waals surface area contributed by atoms with Gasteiger partial charge in [-0.25, -0.2) is 0 Å². The molecule has 1 fully saturated rings. The smallest absolute Gasteiger partial charge is 0.261 e. The molecule has 1 atom stereocenters. The first kappa shape index (κ1) is 13.1. The summed E-state index contributed by atoms with van der Waals surface area (Å²) in [6, 6.07) is 2.42. The largest absolute Gasteiger partial charge is 0.347 e. The molecule has 1 aromatic rings. The van der Waals surface area contributed by atoms with Crippen LogP contribution in [-0.4, -0.2) is 25.0 Å². The first-order valence-electron chi connectivity index (χ1n) is 7.46. The lowest BCUT2D eigenvalue weighted by Gasteiger charge is -2.15. The average molecular weight is 278 g/mol. The number of nitrogens with one attached hydrogen (secondary N) is 2. The number of amides is 1. The summed E-state index contributed by atoms with van der Waals surface area (Å²) in [5.41, 5.74) is 1.42. The van der Waals surface area contributed by atoms with Crippen molar-refractivity contribution in [3.8, 4) is 0 Å². The highest BCUT2D eigenvalue weighted by atomic mass is 32.1. The molecule has 1 unspecified atom stereocenters. The Morgan fingerprint density at radius 2 is 2.16 bits per heavy atom. The van der Waals surface area contributed by atoms with Crippen molar-refractivity contribution < 1.29 is 4.79 Å². The minimum absolute atomic E-state index is 0.132. The molecule has 1 amide bonds. The number of aryl methyl sites for hydroxylation is 2. The molecule has 1 aliphatic heterocycles. The molecule has 19 heavy (non-hydrogen) atoms. The number of hydrogen-bond acceptors (Lipinski definition) is 3. The minimum atomic E-state index is 0.132. The predicted octanol–water partition coefficient (Wildman–Crippen LogP) is 2.50. The van der Waals surface area contributed by atoms with Gasteiger partial charge in [-0.3, -0.25) is 4.79 Å². The maximum absolute atomic E-state index is 12.3. The highest BCUT2D eigenvalue weighted by Crippen LogP contribution is 2.29. The van der Waals surface area contributed by atoms with Crippen LogP contribution in [0.15, 0.2) is 6.07 Å². The standard InChI is InChI=1S/C15H22N2OS/c18-15(17-12-6-3-4-8-16-10-12)14-9-11-5-1-2-7-13(11)19-14/h9,12,16H,1-8,10H2,(H,17,18). The van der Waals surface area contributed by atoms with Gasteiger partial charge in [0, 0.05) is 17.5 Å². The molecule has 2 aliphatic rings. The Bertz CT molecular complexity index is 423. The summed E-state index contributed by atoms with van der Waals surface area (Å²) in [7, 11) is 0. The molecular weight excluding hydrogens is 256 g/mol. The van der Waals surface area contributed by atoms with Crippen LogP contribution in [0.4, 0.5) is 0 Å². The molecule has 3 nitrogen and oxygen atoms in total. The van der Waals surface area contributed by atoms with E-state index in [1.54, 1.807) is 11.3 Å². The van der Waals surface area contributed by atoms with Gasteiger partial charge in [0.1, 0.15) is 0 Å². The summed E-state index contributed by atoms with van der Waals surface area (Å²) in [5.74, 6) is 0.132. The minimum Gasteiger partial charge on any atom is -0.347 e. The number of fused-ring (bicyclic) bond motifs is 1. The van der Waals surface area contributed by atoms with Crippen LogP contribution in [0.1, 0.15) is 52.2 Å². The summed E-state index contributed by atoms with van der Waals surface area (Å²) in [5, 5.41) is 6.59. The van der Waals surface area contributed by atoms with E-state index < -0.39 is 0 Å². The Hall–Kier alpha value is -0.870. The Balaban J connectivity index is 1.64. The van der Waals surface area contributed by atoms with Gasteiger partial charge in [-0.2, -0.15) is 0 Å². The molecule has 0 bridgehead atoms. The summed E-state index contributed by atoms with van der Waals surface area (Å²) in [6.07, 6.45) is 8.41. The van der Waals surface area contributed by atoms with Gasteiger partial charge in [-0.1, -0.05) is 6.42 Å². The first-order valence-corrected chi connectivity index (χ1v) is 8.28. The third-order valence-electron chi connectivity index (χ3n) is 4.10. The van der Waals surface area contributed by atoms with E-state index in [9.17, 15) is 4.79 Å². The zero-order chi connectivity index (χ0) is 13.1. The predicted molar refractivity (Wildman–Crippen MR) is 78.9 cm³/mol. The van der Waals surface area contributed by atoms with E-state index in [0.717, 1.165) is 37.2 Å². The Labute approximate surface area is 118 Å². The molecule has 1 aromatic heterocycles. The average Bonchev–Trinajstić information content (AvgIpc) is 2.70. The fourth-order valence-corrected chi connectivity index (χ4v) is 4.16. The lowest BCUT2D eigenvalue weighted by Crippen LogP contribution is -2.40. The van der Waals surface area contributed by atoms with E-state index in [2.05, 4.69) is 16.7 Å². The summed E-state index contributed by atoms with van der Waals surface area (Å²) in [6.45, 7) is 2.00. The van der Waals surface area contributed by atoms with E-state index in [-0.39, 0.29) is 5.91 Å². The fraction of sp³-hybridized carbons (Fsp3) is 0.667. The maximum Gasteiger partial charge on any atom is 0.261 e. The normalized spacial score (nSPS) is 23.5. The van der Waals surface area contributed by atoms with Crippen molar-refractivity contribution in [2.45, 2.75) is 51.0 Å². The molecular formula is C15H22N2OS. The van der Waals surface area contributed by atoms with Gasteiger partial charge in [0.2, 0.25) is 0 Å². The van der Waals surface area contributed by atoms with Crippen LogP contribution in [0.25, 0.3) is 0 Å². The molecule has 0 spiro atoms. The zero-order valence-corrected chi connectivity index (χ0v) is 12.2. The second-order valence-electron chi connectivity index (χ2n) is 5.64. The number of hydrogen-bond donors (Lipinski definition) is 2. The van der Waals surface area contributed by atoms with E-state index in [1.807, 2.05) is 0 Å². The van der Waals surface area contributed by atoms with Crippen molar-refractivity contribution in [3.63, 3.8) is 0 Å². The molecule has 4 heteroatoms. The van der Waals surface area contributed by atoms with Gasteiger partial charge >= 0.3 is 0 Å². The Morgan fingerprint density at radius 1 is 1.26 bits per heavy atom. The van der Waals surface area contributed by atoms with E-state index in [1.165, 1.54) is 36.1 Å². The lowest BCUT2D eigenvalue weighted by molar-refractivity contribution is 0.0939. The van der Waals surface area contributed by atoms with E-state index in [4.69, 9.17) is 0 Å². The first-order chi connectivity index (χ1) is 9.33. The molecule has 3 rings (SSSR count). The number of carbonyl (C=O) groups excluding carboxylic acids is 1. The summed E-state index contributed by atoms with van der Waals surface area (Å²) >= 11 is 1.70.